The molecule has 2 aliphatic rings. The first kappa shape index (κ1) is 18.4. The Labute approximate surface area is 157 Å². The lowest BCUT2D eigenvalue weighted by Gasteiger charge is -2.25. The molecule has 1 heterocycles. The summed E-state index contributed by atoms with van der Waals surface area (Å²) in [5.74, 6) is 1.80. The van der Waals surface area contributed by atoms with Crippen LogP contribution in [-0.4, -0.2) is 38.2 Å². The zero-order valence-corrected chi connectivity index (χ0v) is 16.5. The first-order chi connectivity index (χ1) is 10.8. The lowest BCUT2D eigenvalue weighted by molar-refractivity contribution is 0.656. The van der Waals surface area contributed by atoms with E-state index in [2.05, 4.69) is 58.6 Å². The molecular formula is C18H29IN4. The Morgan fingerprint density at radius 1 is 1.26 bits per heavy atom. The van der Waals surface area contributed by atoms with Crippen LogP contribution < -0.4 is 15.5 Å². The topological polar surface area (TPSA) is 39.7 Å². The van der Waals surface area contributed by atoms with E-state index in [4.69, 9.17) is 0 Å². The van der Waals surface area contributed by atoms with E-state index in [1.807, 2.05) is 0 Å². The predicted molar refractivity (Wildman–Crippen MR) is 109 cm³/mol. The van der Waals surface area contributed by atoms with Crippen molar-refractivity contribution in [3.63, 3.8) is 0 Å². The van der Waals surface area contributed by atoms with E-state index in [0.29, 0.717) is 6.04 Å². The Hall–Kier alpha value is -0.980. The smallest absolute Gasteiger partial charge is 0.191 e. The zero-order valence-electron chi connectivity index (χ0n) is 14.2. The Morgan fingerprint density at radius 3 is 2.78 bits per heavy atom. The van der Waals surface area contributed by atoms with Crippen molar-refractivity contribution in [2.24, 2.45) is 10.9 Å². The van der Waals surface area contributed by atoms with E-state index in [-0.39, 0.29) is 24.0 Å². The summed E-state index contributed by atoms with van der Waals surface area (Å²) in [6.07, 6.45) is 3.86. The van der Waals surface area contributed by atoms with Crippen LogP contribution in [0.2, 0.25) is 0 Å². The van der Waals surface area contributed by atoms with Gasteiger partial charge in [-0.2, -0.15) is 0 Å². The molecule has 0 aromatic heterocycles. The fourth-order valence-electron chi connectivity index (χ4n) is 3.13. The second kappa shape index (κ2) is 8.76. The monoisotopic (exact) mass is 428 g/mol. The number of para-hydroxylation sites is 1. The predicted octanol–water partition coefficient (Wildman–Crippen LogP) is 3.02. The van der Waals surface area contributed by atoms with Crippen molar-refractivity contribution in [2.45, 2.75) is 39.2 Å². The van der Waals surface area contributed by atoms with Crippen LogP contribution in [0.25, 0.3) is 0 Å². The molecule has 1 fully saturated rings. The van der Waals surface area contributed by atoms with Crippen molar-refractivity contribution in [3.05, 3.63) is 29.8 Å². The van der Waals surface area contributed by atoms with Gasteiger partial charge in [0, 0.05) is 37.9 Å². The minimum absolute atomic E-state index is 0. The highest BCUT2D eigenvalue weighted by molar-refractivity contribution is 14.0. The van der Waals surface area contributed by atoms with Crippen LogP contribution in [0.5, 0.6) is 0 Å². The van der Waals surface area contributed by atoms with Gasteiger partial charge in [0.2, 0.25) is 0 Å². The highest BCUT2D eigenvalue weighted by Crippen LogP contribution is 2.31. The van der Waals surface area contributed by atoms with Gasteiger partial charge < -0.3 is 15.5 Å². The van der Waals surface area contributed by atoms with Crippen molar-refractivity contribution in [3.8, 4) is 0 Å². The van der Waals surface area contributed by atoms with Crippen LogP contribution in [0.15, 0.2) is 29.3 Å². The van der Waals surface area contributed by atoms with Gasteiger partial charge in [-0.25, -0.2) is 0 Å². The molecule has 0 radical (unpaired) electrons. The van der Waals surface area contributed by atoms with E-state index in [0.717, 1.165) is 44.5 Å². The molecule has 1 saturated carbocycles. The van der Waals surface area contributed by atoms with E-state index < -0.39 is 0 Å². The summed E-state index contributed by atoms with van der Waals surface area (Å²) < 4.78 is 0. The van der Waals surface area contributed by atoms with Crippen LogP contribution >= 0.6 is 24.0 Å². The number of hydrogen-bond donors (Lipinski definition) is 2. The summed E-state index contributed by atoms with van der Waals surface area (Å²) in [5.41, 5.74) is 2.88. The number of halogens is 1. The molecule has 5 heteroatoms. The van der Waals surface area contributed by atoms with Gasteiger partial charge in [0.1, 0.15) is 0 Å². The van der Waals surface area contributed by atoms with Crippen LogP contribution in [0, 0.1) is 5.92 Å². The van der Waals surface area contributed by atoms with E-state index in [1.54, 1.807) is 0 Å². The van der Waals surface area contributed by atoms with Gasteiger partial charge >= 0.3 is 0 Å². The average Bonchev–Trinajstić information content (AvgIpc) is 3.29. The quantitative estimate of drug-likeness (QED) is 0.416. The number of nitrogens with zero attached hydrogens (tertiary/aromatic N) is 2. The van der Waals surface area contributed by atoms with Crippen molar-refractivity contribution in [1.82, 2.24) is 10.6 Å². The number of guanidine groups is 1. The number of hydrogen-bond acceptors (Lipinski definition) is 2. The Bertz CT molecular complexity index is 528. The molecular weight excluding hydrogens is 399 g/mol. The standard InChI is InChI=1S/C18H28N4.HI/c1-3-19-18(21-13-15-8-9-15)20-10-11-22-14(2)12-16-6-4-5-7-17(16)22;/h4-7,14-15H,3,8-13H2,1-2H3,(H2,19,20,21);1H. The van der Waals surface area contributed by atoms with E-state index >= 15 is 0 Å². The maximum Gasteiger partial charge on any atom is 0.191 e. The summed E-state index contributed by atoms with van der Waals surface area (Å²) in [4.78, 5) is 7.19. The van der Waals surface area contributed by atoms with Gasteiger partial charge in [-0.05, 0) is 50.7 Å². The molecule has 1 aliphatic heterocycles. The van der Waals surface area contributed by atoms with Gasteiger partial charge in [-0.3, -0.25) is 4.99 Å². The maximum absolute atomic E-state index is 4.68. The minimum atomic E-state index is 0. The molecule has 23 heavy (non-hydrogen) atoms. The van der Waals surface area contributed by atoms with Crippen LogP contribution in [0.4, 0.5) is 5.69 Å². The first-order valence-corrected chi connectivity index (χ1v) is 8.64. The van der Waals surface area contributed by atoms with E-state index in [9.17, 15) is 0 Å². The largest absolute Gasteiger partial charge is 0.367 e. The Kier molecular flexibility index (Phi) is 6.99. The van der Waals surface area contributed by atoms with Gasteiger partial charge in [0.15, 0.2) is 5.96 Å². The molecule has 2 N–H and O–H groups in total. The lowest BCUT2D eigenvalue weighted by Crippen LogP contribution is -2.43. The molecule has 1 aromatic carbocycles. The molecule has 3 rings (SSSR count). The highest BCUT2D eigenvalue weighted by atomic mass is 127. The van der Waals surface area contributed by atoms with Crippen LogP contribution in [0.3, 0.4) is 0 Å². The maximum atomic E-state index is 4.68. The third-order valence-corrected chi connectivity index (χ3v) is 4.54. The summed E-state index contributed by atoms with van der Waals surface area (Å²) >= 11 is 0. The molecule has 1 unspecified atom stereocenters. The summed E-state index contributed by atoms with van der Waals surface area (Å²) in [5, 5.41) is 6.82. The molecule has 1 atom stereocenters. The third-order valence-electron chi connectivity index (χ3n) is 4.54. The molecule has 4 nitrogen and oxygen atoms in total. The fourth-order valence-corrected chi connectivity index (χ4v) is 3.13. The first-order valence-electron chi connectivity index (χ1n) is 8.64. The molecule has 128 valence electrons. The molecule has 0 amide bonds. The Balaban J connectivity index is 0.00000192. The van der Waals surface area contributed by atoms with Crippen molar-refractivity contribution >= 4 is 35.6 Å². The van der Waals surface area contributed by atoms with Crippen LogP contribution in [0.1, 0.15) is 32.3 Å². The number of rotatable bonds is 6. The van der Waals surface area contributed by atoms with E-state index in [1.165, 1.54) is 24.1 Å². The summed E-state index contributed by atoms with van der Waals surface area (Å²) in [7, 11) is 0. The SMILES string of the molecule is CCNC(=NCC1CC1)NCCN1c2ccccc2CC1C.I. The van der Waals surface area contributed by atoms with Gasteiger partial charge in [0.05, 0.1) is 0 Å². The van der Waals surface area contributed by atoms with Gasteiger partial charge in [0.25, 0.3) is 0 Å². The molecule has 0 spiro atoms. The molecule has 0 saturated heterocycles. The zero-order chi connectivity index (χ0) is 15.4. The van der Waals surface area contributed by atoms with Crippen molar-refractivity contribution in [2.75, 3.05) is 31.1 Å². The fraction of sp³-hybridized carbons (Fsp3) is 0.611. The number of anilines is 1. The minimum Gasteiger partial charge on any atom is -0.367 e. The van der Waals surface area contributed by atoms with Gasteiger partial charge in [-0.1, -0.05) is 18.2 Å². The summed E-state index contributed by atoms with van der Waals surface area (Å²) in [6.45, 7) is 8.26. The molecule has 0 bridgehead atoms. The normalized spacial score (nSPS) is 20.0. The molecule has 1 aromatic rings. The number of nitrogens with one attached hydrogen (secondary N) is 2. The third kappa shape index (κ3) is 4.99. The highest BCUT2D eigenvalue weighted by Gasteiger charge is 2.25. The average molecular weight is 428 g/mol. The lowest BCUT2D eigenvalue weighted by atomic mass is 10.1. The van der Waals surface area contributed by atoms with Crippen molar-refractivity contribution in [1.29, 1.82) is 0 Å². The van der Waals surface area contributed by atoms with Gasteiger partial charge in [-0.15, -0.1) is 24.0 Å². The number of benzene rings is 1. The van der Waals surface area contributed by atoms with Crippen molar-refractivity contribution < 1.29 is 0 Å². The Morgan fingerprint density at radius 2 is 2.04 bits per heavy atom. The van der Waals surface area contributed by atoms with Crippen LogP contribution in [-0.2, 0) is 6.42 Å². The second-order valence-corrected chi connectivity index (χ2v) is 6.47. The summed E-state index contributed by atoms with van der Waals surface area (Å²) in [6, 6.07) is 9.36. The number of aliphatic imine (C=N–C) groups is 1. The number of fused-ring (bicyclic) bond motifs is 1. The molecule has 1 aliphatic carbocycles. The second-order valence-electron chi connectivity index (χ2n) is 6.47.